The van der Waals surface area contributed by atoms with Gasteiger partial charge in [0.15, 0.2) is 5.69 Å². The van der Waals surface area contributed by atoms with Crippen LogP contribution in [0.1, 0.15) is 49.6 Å². The van der Waals surface area contributed by atoms with Crippen molar-refractivity contribution in [2.75, 3.05) is 6.61 Å². The smallest absolute Gasteiger partial charge is 0.307 e. The molecule has 19 heavy (non-hydrogen) atoms. The molecule has 0 aliphatic carbocycles. The van der Waals surface area contributed by atoms with Gasteiger partial charge in [0.05, 0.1) is 19.1 Å². The summed E-state index contributed by atoms with van der Waals surface area (Å²) in [6.07, 6.45) is 1.35. The lowest BCUT2D eigenvalue weighted by molar-refractivity contribution is -0.143. The van der Waals surface area contributed by atoms with Crippen LogP contribution in [-0.4, -0.2) is 29.5 Å². The lowest BCUT2D eigenvalue weighted by Crippen LogP contribution is -2.34. The van der Waals surface area contributed by atoms with Crippen molar-refractivity contribution in [2.24, 2.45) is 5.73 Å². The summed E-state index contributed by atoms with van der Waals surface area (Å²) in [6, 6.07) is -0.722. The topological polar surface area (TPSA) is 107 Å². The van der Waals surface area contributed by atoms with E-state index in [1.807, 2.05) is 0 Å². The third-order valence-electron chi connectivity index (χ3n) is 2.30. The monoisotopic (exact) mass is 269 g/mol. The molecule has 2 atom stereocenters. The van der Waals surface area contributed by atoms with E-state index >= 15 is 0 Å². The van der Waals surface area contributed by atoms with E-state index in [0.717, 1.165) is 0 Å². The standard InChI is InChI=1S/C12H19N3O4/c1-4-18-10(16)5-7(2)14-11(17)9-6-19-12(15-9)8(3)13/h6-8H,4-5,13H2,1-3H3,(H,14,17). The zero-order valence-electron chi connectivity index (χ0n) is 11.3. The number of nitrogens with two attached hydrogens (primary N) is 1. The van der Waals surface area contributed by atoms with Gasteiger partial charge in [0.25, 0.3) is 5.91 Å². The predicted molar refractivity (Wildman–Crippen MR) is 67.3 cm³/mol. The normalized spacial score (nSPS) is 13.7. The second-order valence-corrected chi connectivity index (χ2v) is 4.24. The van der Waals surface area contributed by atoms with Gasteiger partial charge >= 0.3 is 5.97 Å². The van der Waals surface area contributed by atoms with Crippen molar-refractivity contribution in [3.05, 3.63) is 17.8 Å². The highest BCUT2D eigenvalue weighted by Crippen LogP contribution is 2.09. The summed E-state index contributed by atoms with van der Waals surface area (Å²) in [4.78, 5) is 27.0. The predicted octanol–water partition coefficient (Wildman–Crippen LogP) is 0.766. The molecule has 106 valence electrons. The van der Waals surface area contributed by atoms with Crippen molar-refractivity contribution in [3.63, 3.8) is 0 Å². The molecule has 0 fully saturated rings. The molecule has 0 aliphatic heterocycles. The Balaban J connectivity index is 2.51. The Bertz CT molecular complexity index is 442. The van der Waals surface area contributed by atoms with Crippen LogP contribution >= 0.6 is 0 Å². The molecule has 2 unspecified atom stereocenters. The van der Waals surface area contributed by atoms with Crippen LogP contribution in [0, 0.1) is 0 Å². The van der Waals surface area contributed by atoms with Crippen LogP contribution < -0.4 is 11.1 Å². The zero-order valence-corrected chi connectivity index (χ0v) is 11.3. The third-order valence-corrected chi connectivity index (χ3v) is 2.30. The maximum absolute atomic E-state index is 11.8. The lowest BCUT2D eigenvalue weighted by atomic mass is 10.2. The summed E-state index contributed by atoms with van der Waals surface area (Å²) < 4.78 is 9.85. The molecule has 0 bridgehead atoms. The van der Waals surface area contributed by atoms with Gasteiger partial charge in [0, 0.05) is 6.04 Å². The molecule has 0 aliphatic rings. The summed E-state index contributed by atoms with van der Waals surface area (Å²) in [5.41, 5.74) is 5.72. The van der Waals surface area contributed by atoms with Gasteiger partial charge < -0.3 is 20.2 Å². The molecular weight excluding hydrogens is 250 g/mol. The number of esters is 1. The number of nitrogens with one attached hydrogen (secondary N) is 1. The Labute approximate surface area is 111 Å². The van der Waals surface area contributed by atoms with Crippen LogP contribution in [0.15, 0.2) is 10.7 Å². The number of ether oxygens (including phenoxy) is 1. The Hall–Kier alpha value is -1.89. The molecule has 1 rings (SSSR count). The highest BCUT2D eigenvalue weighted by molar-refractivity contribution is 5.92. The van der Waals surface area contributed by atoms with Crippen molar-refractivity contribution >= 4 is 11.9 Å². The minimum atomic E-state index is -0.410. The number of rotatable bonds is 6. The van der Waals surface area contributed by atoms with Gasteiger partial charge in [-0.3, -0.25) is 9.59 Å². The molecule has 0 saturated carbocycles. The van der Waals surface area contributed by atoms with Gasteiger partial charge in [-0.2, -0.15) is 0 Å². The SMILES string of the molecule is CCOC(=O)CC(C)NC(=O)c1coc(C(C)N)n1. The summed E-state index contributed by atoms with van der Waals surface area (Å²) >= 11 is 0. The maximum Gasteiger partial charge on any atom is 0.307 e. The van der Waals surface area contributed by atoms with E-state index in [1.165, 1.54) is 6.26 Å². The van der Waals surface area contributed by atoms with Crippen LogP contribution in [0.3, 0.4) is 0 Å². The first-order chi connectivity index (χ1) is 8.93. The number of hydrogen-bond donors (Lipinski definition) is 2. The van der Waals surface area contributed by atoms with Gasteiger partial charge in [-0.15, -0.1) is 0 Å². The second-order valence-electron chi connectivity index (χ2n) is 4.24. The minimum absolute atomic E-state index is 0.109. The molecule has 7 heteroatoms. The van der Waals surface area contributed by atoms with Gasteiger partial charge in [0.2, 0.25) is 5.89 Å². The molecule has 1 aromatic heterocycles. The van der Waals surface area contributed by atoms with Crippen molar-refractivity contribution in [1.29, 1.82) is 0 Å². The number of carbonyl (C=O) groups excluding carboxylic acids is 2. The summed E-state index contributed by atoms with van der Waals surface area (Å²) in [5, 5.41) is 2.63. The molecule has 1 aromatic rings. The van der Waals surface area contributed by atoms with Gasteiger partial charge in [0.1, 0.15) is 6.26 Å². The summed E-state index contributed by atoms with van der Waals surface area (Å²) in [5.74, 6) is -0.470. The van der Waals surface area contributed by atoms with E-state index in [-0.39, 0.29) is 30.2 Å². The van der Waals surface area contributed by atoms with Crippen molar-refractivity contribution in [3.8, 4) is 0 Å². The van der Waals surface area contributed by atoms with Crippen LogP contribution in [-0.2, 0) is 9.53 Å². The molecule has 7 nitrogen and oxygen atoms in total. The average molecular weight is 269 g/mol. The number of hydrogen-bond acceptors (Lipinski definition) is 6. The Morgan fingerprint density at radius 3 is 2.74 bits per heavy atom. The fourth-order valence-corrected chi connectivity index (χ4v) is 1.42. The highest BCUT2D eigenvalue weighted by Gasteiger charge is 2.17. The molecule has 0 radical (unpaired) electrons. The molecule has 1 amide bonds. The molecular formula is C12H19N3O4. The van der Waals surface area contributed by atoms with Crippen LogP contribution in [0.25, 0.3) is 0 Å². The van der Waals surface area contributed by atoms with E-state index in [2.05, 4.69) is 10.3 Å². The number of amides is 1. The van der Waals surface area contributed by atoms with E-state index in [9.17, 15) is 9.59 Å². The molecule has 0 saturated heterocycles. The number of carbonyl (C=O) groups is 2. The molecule has 1 heterocycles. The lowest BCUT2D eigenvalue weighted by Gasteiger charge is -2.11. The molecule has 3 N–H and O–H groups in total. The second kappa shape index (κ2) is 6.89. The van der Waals surface area contributed by atoms with Crippen LogP contribution in [0.4, 0.5) is 0 Å². The average Bonchev–Trinajstić information content (AvgIpc) is 2.77. The fraction of sp³-hybridized carbons (Fsp3) is 0.583. The van der Waals surface area contributed by atoms with Crippen molar-refractivity contribution < 1.29 is 18.7 Å². The van der Waals surface area contributed by atoms with Crippen molar-refractivity contribution in [2.45, 2.75) is 39.3 Å². The Morgan fingerprint density at radius 1 is 1.53 bits per heavy atom. The summed E-state index contributed by atoms with van der Waals surface area (Å²) in [7, 11) is 0. The first kappa shape index (κ1) is 15.2. The number of aromatic nitrogens is 1. The Kier molecular flexibility index (Phi) is 5.50. The quantitative estimate of drug-likeness (QED) is 0.738. The van der Waals surface area contributed by atoms with Crippen LogP contribution in [0.5, 0.6) is 0 Å². The van der Waals surface area contributed by atoms with E-state index in [0.29, 0.717) is 12.5 Å². The van der Waals surface area contributed by atoms with Crippen molar-refractivity contribution in [1.82, 2.24) is 10.3 Å². The van der Waals surface area contributed by atoms with Gasteiger partial charge in [-0.05, 0) is 20.8 Å². The van der Waals surface area contributed by atoms with E-state index < -0.39 is 5.91 Å². The zero-order chi connectivity index (χ0) is 14.4. The van der Waals surface area contributed by atoms with E-state index in [4.69, 9.17) is 14.9 Å². The van der Waals surface area contributed by atoms with Gasteiger partial charge in [-0.25, -0.2) is 4.98 Å². The first-order valence-electron chi connectivity index (χ1n) is 6.11. The number of nitrogens with zero attached hydrogens (tertiary/aromatic N) is 1. The number of oxazole rings is 1. The minimum Gasteiger partial charge on any atom is -0.466 e. The first-order valence-corrected chi connectivity index (χ1v) is 6.11. The van der Waals surface area contributed by atoms with E-state index in [1.54, 1.807) is 20.8 Å². The largest absolute Gasteiger partial charge is 0.466 e. The summed E-state index contributed by atoms with van der Waals surface area (Å²) in [6.45, 7) is 5.46. The molecule has 0 spiro atoms. The fourth-order valence-electron chi connectivity index (χ4n) is 1.42. The Morgan fingerprint density at radius 2 is 2.21 bits per heavy atom. The van der Waals surface area contributed by atoms with Crippen LogP contribution in [0.2, 0.25) is 0 Å². The third kappa shape index (κ3) is 4.70. The maximum atomic E-state index is 11.8. The highest BCUT2D eigenvalue weighted by atomic mass is 16.5. The molecule has 0 aromatic carbocycles. The van der Waals surface area contributed by atoms with Gasteiger partial charge in [-0.1, -0.05) is 0 Å².